The van der Waals surface area contributed by atoms with Crippen LogP contribution < -0.4 is 5.32 Å². The number of esters is 1. The molecular formula is C52H89NO5. The molecule has 6 heteroatoms. The van der Waals surface area contributed by atoms with Crippen molar-refractivity contribution in [3.8, 4) is 0 Å². The number of hydrogen-bond donors (Lipinski definition) is 3. The van der Waals surface area contributed by atoms with Gasteiger partial charge in [-0.05, 0) is 83.5 Å². The molecule has 58 heavy (non-hydrogen) atoms. The zero-order valence-corrected chi connectivity index (χ0v) is 37.6. The van der Waals surface area contributed by atoms with Gasteiger partial charge in [0, 0.05) is 6.42 Å². The van der Waals surface area contributed by atoms with Gasteiger partial charge in [0.05, 0.1) is 25.2 Å². The lowest BCUT2D eigenvalue weighted by Crippen LogP contribution is -2.46. The normalized spacial score (nSPS) is 14.1. The van der Waals surface area contributed by atoms with Crippen molar-refractivity contribution in [3.63, 3.8) is 0 Å². The first-order valence-electron chi connectivity index (χ1n) is 23.9. The second-order valence-corrected chi connectivity index (χ2v) is 15.9. The Morgan fingerprint density at radius 2 is 1.00 bits per heavy atom. The summed E-state index contributed by atoms with van der Waals surface area (Å²) in [7, 11) is 0. The number of ether oxygens (including phenoxy) is 1. The van der Waals surface area contributed by atoms with Gasteiger partial charge in [0.25, 0.3) is 0 Å². The number of hydrogen-bond acceptors (Lipinski definition) is 5. The molecule has 0 aromatic heterocycles. The monoisotopic (exact) mass is 808 g/mol. The molecule has 0 aliphatic rings. The Morgan fingerprint density at radius 3 is 1.62 bits per heavy atom. The molecule has 1 amide bonds. The quantitative estimate of drug-likeness (QED) is 0.0247. The smallest absolute Gasteiger partial charge is 0.306 e. The highest BCUT2D eigenvalue weighted by Crippen LogP contribution is 2.16. The number of amides is 1. The summed E-state index contributed by atoms with van der Waals surface area (Å²) in [5.74, 6) is -0.548. The average Bonchev–Trinajstić information content (AvgIpc) is 3.22. The minimum Gasteiger partial charge on any atom is -0.462 e. The van der Waals surface area contributed by atoms with Crippen LogP contribution in [0.4, 0.5) is 0 Å². The molecule has 0 heterocycles. The first kappa shape index (κ1) is 55.0. The molecular weight excluding hydrogens is 719 g/mol. The van der Waals surface area contributed by atoms with Crippen LogP contribution in [-0.4, -0.2) is 46.9 Å². The molecule has 0 aromatic rings. The van der Waals surface area contributed by atoms with Crippen molar-refractivity contribution in [3.05, 3.63) is 85.1 Å². The van der Waals surface area contributed by atoms with Gasteiger partial charge >= 0.3 is 5.97 Å². The summed E-state index contributed by atoms with van der Waals surface area (Å²) in [5.41, 5.74) is 0. The predicted molar refractivity (Wildman–Crippen MR) is 250 cm³/mol. The highest BCUT2D eigenvalue weighted by Gasteiger charge is 2.24. The Labute approximate surface area is 357 Å². The SMILES string of the molecule is CC/C=C/C=C/C=C/C=C\CCCCCC(CC(=O)NC(CO)C(O)CCCCCCCCCCC)OC(=O)CCCCCC/C=C\C/C=C\C/C=C\CCCCC. The fraction of sp³-hybridized carbons (Fsp3) is 0.692. The number of aliphatic hydroxyl groups is 2. The molecule has 3 unspecified atom stereocenters. The Morgan fingerprint density at radius 1 is 0.534 bits per heavy atom. The second kappa shape index (κ2) is 45.1. The highest BCUT2D eigenvalue weighted by molar-refractivity contribution is 5.77. The van der Waals surface area contributed by atoms with Crippen molar-refractivity contribution in [2.75, 3.05) is 6.61 Å². The largest absolute Gasteiger partial charge is 0.462 e. The van der Waals surface area contributed by atoms with E-state index in [9.17, 15) is 19.8 Å². The third kappa shape index (κ3) is 39.8. The van der Waals surface area contributed by atoms with Crippen molar-refractivity contribution in [2.45, 2.75) is 225 Å². The summed E-state index contributed by atoms with van der Waals surface area (Å²) < 4.78 is 5.89. The third-order valence-corrected chi connectivity index (χ3v) is 10.3. The first-order valence-corrected chi connectivity index (χ1v) is 23.9. The van der Waals surface area contributed by atoms with Crippen LogP contribution in [0, 0.1) is 0 Å². The van der Waals surface area contributed by atoms with E-state index in [-0.39, 0.29) is 24.9 Å². The van der Waals surface area contributed by atoms with Gasteiger partial charge in [-0.2, -0.15) is 0 Å². The Bertz CT molecular complexity index is 1130. The lowest BCUT2D eigenvalue weighted by Gasteiger charge is -2.24. The van der Waals surface area contributed by atoms with Gasteiger partial charge in [0.2, 0.25) is 5.91 Å². The van der Waals surface area contributed by atoms with Crippen LogP contribution in [-0.2, 0) is 14.3 Å². The fourth-order valence-electron chi connectivity index (χ4n) is 6.68. The number of aliphatic hydroxyl groups excluding tert-OH is 2. The summed E-state index contributed by atoms with van der Waals surface area (Å²) in [4.78, 5) is 26.0. The molecule has 0 bridgehead atoms. The van der Waals surface area contributed by atoms with Gasteiger partial charge in [-0.15, -0.1) is 0 Å². The maximum absolute atomic E-state index is 13.1. The van der Waals surface area contributed by atoms with E-state index in [2.05, 4.69) is 80.8 Å². The van der Waals surface area contributed by atoms with Crippen LogP contribution in [0.2, 0.25) is 0 Å². The molecule has 3 N–H and O–H groups in total. The summed E-state index contributed by atoms with van der Waals surface area (Å²) in [6.45, 7) is 6.26. The molecule has 0 rings (SSSR count). The summed E-state index contributed by atoms with van der Waals surface area (Å²) in [6, 6.07) is -0.722. The summed E-state index contributed by atoms with van der Waals surface area (Å²) in [5, 5.41) is 23.6. The van der Waals surface area contributed by atoms with Gasteiger partial charge in [-0.25, -0.2) is 0 Å². The van der Waals surface area contributed by atoms with E-state index in [1.807, 2.05) is 30.4 Å². The topological polar surface area (TPSA) is 95.9 Å². The molecule has 0 spiro atoms. The van der Waals surface area contributed by atoms with Crippen LogP contribution in [0.15, 0.2) is 85.1 Å². The molecule has 0 aliphatic heterocycles. The van der Waals surface area contributed by atoms with E-state index < -0.39 is 18.2 Å². The van der Waals surface area contributed by atoms with Crippen molar-refractivity contribution < 1.29 is 24.5 Å². The zero-order valence-electron chi connectivity index (χ0n) is 37.6. The Balaban J connectivity index is 4.70. The Kier molecular flexibility index (Phi) is 42.8. The van der Waals surface area contributed by atoms with Gasteiger partial charge < -0.3 is 20.3 Å². The van der Waals surface area contributed by atoms with Crippen molar-refractivity contribution in [1.82, 2.24) is 5.32 Å². The number of nitrogens with one attached hydrogen (secondary N) is 1. The van der Waals surface area contributed by atoms with Crippen LogP contribution in [0.5, 0.6) is 0 Å². The first-order chi connectivity index (χ1) is 28.5. The maximum atomic E-state index is 13.1. The number of allylic oxidation sites excluding steroid dienone is 14. The molecule has 3 atom stereocenters. The number of unbranched alkanes of at least 4 members (excludes halogenated alkanes) is 18. The predicted octanol–water partition coefficient (Wildman–Crippen LogP) is 14.0. The van der Waals surface area contributed by atoms with Crippen LogP contribution in [0.1, 0.15) is 207 Å². The lowest BCUT2D eigenvalue weighted by atomic mass is 10.0. The second-order valence-electron chi connectivity index (χ2n) is 15.9. The average molecular weight is 808 g/mol. The molecule has 0 radical (unpaired) electrons. The highest BCUT2D eigenvalue weighted by atomic mass is 16.5. The summed E-state index contributed by atoms with van der Waals surface area (Å²) in [6.07, 6.45) is 57.8. The van der Waals surface area contributed by atoms with Gasteiger partial charge in [-0.3, -0.25) is 9.59 Å². The Hall–Kier alpha value is -2.96. The van der Waals surface area contributed by atoms with E-state index >= 15 is 0 Å². The maximum Gasteiger partial charge on any atom is 0.306 e. The molecule has 0 aliphatic carbocycles. The molecule has 0 fully saturated rings. The van der Waals surface area contributed by atoms with E-state index in [0.29, 0.717) is 19.3 Å². The lowest BCUT2D eigenvalue weighted by molar-refractivity contribution is -0.151. The number of carbonyl (C=O) groups is 2. The molecule has 0 saturated carbocycles. The van der Waals surface area contributed by atoms with E-state index in [1.54, 1.807) is 0 Å². The molecule has 332 valence electrons. The molecule has 0 aromatic carbocycles. The van der Waals surface area contributed by atoms with Crippen LogP contribution in [0.3, 0.4) is 0 Å². The van der Waals surface area contributed by atoms with Gasteiger partial charge in [0.15, 0.2) is 0 Å². The minimum absolute atomic E-state index is 0.0376. The van der Waals surface area contributed by atoms with E-state index in [1.165, 1.54) is 64.2 Å². The van der Waals surface area contributed by atoms with Gasteiger partial charge in [-0.1, -0.05) is 196 Å². The zero-order chi connectivity index (χ0) is 42.4. The van der Waals surface area contributed by atoms with Crippen LogP contribution >= 0.6 is 0 Å². The van der Waals surface area contributed by atoms with Crippen molar-refractivity contribution in [2.24, 2.45) is 0 Å². The minimum atomic E-state index is -0.805. The number of carbonyl (C=O) groups excluding carboxylic acids is 2. The summed E-state index contributed by atoms with van der Waals surface area (Å²) >= 11 is 0. The van der Waals surface area contributed by atoms with Crippen molar-refractivity contribution >= 4 is 11.9 Å². The van der Waals surface area contributed by atoms with Gasteiger partial charge in [0.1, 0.15) is 6.10 Å². The number of rotatable bonds is 41. The molecule has 0 saturated heterocycles. The molecule has 6 nitrogen and oxygen atoms in total. The van der Waals surface area contributed by atoms with E-state index in [0.717, 1.165) is 96.3 Å². The van der Waals surface area contributed by atoms with Crippen LogP contribution in [0.25, 0.3) is 0 Å². The van der Waals surface area contributed by atoms with Crippen molar-refractivity contribution in [1.29, 1.82) is 0 Å². The van der Waals surface area contributed by atoms with E-state index in [4.69, 9.17) is 4.74 Å². The standard InChI is InChI=1S/C52H89NO5/c1-4-7-10-13-16-19-21-23-24-25-26-28-30-33-36-39-42-45-52(57)58-48(43-40-37-34-32-29-27-22-20-17-14-11-8-5-2)46-51(56)53-49(47-54)50(55)44-41-38-35-31-18-15-12-9-6-3/h8,11,14,16-17,19-20,22-24,26-29,48-50,54-55H,4-7,9-10,12-13,15,18,21,25,30-47H2,1-3H3,(H,53,56)/b11-8+,17-14+,19-16-,22-20+,24-23-,28-26-,29-27-. The third-order valence-electron chi connectivity index (χ3n) is 10.3. The fourth-order valence-corrected chi connectivity index (χ4v) is 6.68.